The molecule has 0 unspecified atom stereocenters. The van der Waals surface area contributed by atoms with Gasteiger partial charge in [0.15, 0.2) is 15.8 Å². The Balaban J connectivity index is 1.28. The molecule has 1 fully saturated rings. The highest BCUT2D eigenvalue weighted by molar-refractivity contribution is 8.27. The minimum absolute atomic E-state index is 0.105. The van der Waals surface area contributed by atoms with Crippen LogP contribution in [0, 0.1) is 0 Å². The quantitative estimate of drug-likeness (QED) is 0.216. The Morgan fingerprint density at radius 2 is 1.55 bits per heavy atom. The van der Waals surface area contributed by atoms with Gasteiger partial charge in [0.2, 0.25) is 0 Å². The third-order valence-corrected chi connectivity index (χ3v) is 6.17. The van der Waals surface area contributed by atoms with Crippen molar-refractivity contribution in [3.8, 4) is 17.2 Å². The number of hydrogen-bond donors (Lipinski definition) is 0. The first-order chi connectivity index (χ1) is 16.2. The molecule has 1 saturated heterocycles. The summed E-state index contributed by atoms with van der Waals surface area (Å²) in [7, 11) is 1.62. The number of para-hydroxylation sites is 3. The number of methoxy groups -OCH3 is 1. The van der Waals surface area contributed by atoms with Gasteiger partial charge in [-0.25, -0.2) is 0 Å². The van der Waals surface area contributed by atoms with Gasteiger partial charge in [-0.15, -0.1) is 0 Å². The van der Waals surface area contributed by atoms with E-state index in [0.717, 1.165) is 34.9 Å². The van der Waals surface area contributed by atoms with Crippen LogP contribution >= 0.6 is 24.0 Å². The molecular weight excluding hydrogens is 454 g/mol. The predicted molar refractivity (Wildman–Crippen MR) is 137 cm³/mol. The van der Waals surface area contributed by atoms with E-state index in [1.54, 1.807) is 12.0 Å². The Morgan fingerprint density at radius 3 is 2.27 bits per heavy atom. The zero-order chi connectivity index (χ0) is 23.0. The first-order valence-corrected chi connectivity index (χ1v) is 11.7. The van der Waals surface area contributed by atoms with Gasteiger partial charge in [-0.3, -0.25) is 9.69 Å². The lowest BCUT2D eigenvalue weighted by Gasteiger charge is -2.13. The smallest absolute Gasteiger partial charge is 0.270 e. The highest BCUT2D eigenvalue weighted by atomic mass is 32.2. The Bertz CT molecular complexity index is 1150. The monoisotopic (exact) mass is 477 g/mol. The van der Waals surface area contributed by atoms with E-state index in [0.29, 0.717) is 22.4 Å². The Kier molecular flexibility index (Phi) is 7.65. The van der Waals surface area contributed by atoms with Gasteiger partial charge in [0.25, 0.3) is 5.91 Å². The van der Waals surface area contributed by atoms with E-state index in [1.165, 1.54) is 11.8 Å². The third kappa shape index (κ3) is 5.74. The molecule has 1 aliphatic heterocycles. The largest absolute Gasteiger partial charge is 0.493 e. The molecule has 33 heavy (non-hydrogen) atoms. The van der Waals surface area contributed by atoms with Crippen molar-refractivity contribution in [3.63, 3.8) is 0 Å². The zero-order valence-corrected chi connectivity index (χ0v) is 19.7. The maximum atomic E-state index is 12.8. The lowest BCUT2D eigenvalue weighted by molar-refractivity contribution is -0.113. The molecule has 0 radical (unpaired) electrons. The van der Waals surface area contributed by atoms with Gasteiger partial charge in [0.1, 0.15) is 5.75 Å². The summed E-state index contributed by atoms with van der Waals surface area (Å²) in [6.07, 6.45) is 2.59. The van der Waals surface area contributed by atoms with E-state index >= 15 is 0 Å². The molecular formula is C26H23NO4S2. The molecule has 4 rings (SSSR count). The van der Waals surface area contributed by atoms with Gasteiger partial charge in [-0.2, -0.15) is 0 Å². The van der Waals surface area contributed by atoms with Crippen LogP contribution in [0.5, 0.6) is 17.2 Å². The fraction of sp³-hybridized carbons (Fsp3) is 0.154. The minimum atomic E-state index is -0.105. The molecule has 1 heterocycles. The number of ether oxygens (including phenoxy) is 3. The van der Waals surface area contributed by atoms with Crippen molar-refractivity contribution in [2.75, 3.05) is 25.2 Å². The summed E-state index contributed by atoms with van der Waals surface area (Å²) in [5, 5.41) is 0. The van der Waals surface area contributed by atoms with E-state index < -0.39 is 0 Å². The van der Waals surface area contributed by atoms with Gasteiger partial charge in [-0.05, 0) is 48.0 Å². The van der Waals surface area contributed by atoms with Crippen molar-refractivity contribution in [1.29, 1.82) is 0 Å². The standard InChI is InChI=1S/C26H23NO4S2/c1-29-22-10-5-6-11-23(22)31-17-7-16-30-21-14-12-19(13-15-21)18-24-25(28)27(26(32)33-24)20-8-3-2-4-9-20/h2-6,8-15,18H,7,16-17H2,1H3/b24-18+. The summed E-state index contributed by atoms with van der Waals surface area (Å²) in [6, 6.07) is 24.7. The molecule has 0 aliphatic carbocycles. The average Bonchev–Trinajstić information content (AvgIpc) is 3.13. The second-order valence-electron chi connectivity index (χ2n) is 7.12. The fourth-order valence-electron chi connectivity index (χ4n) is 3.25. The molecule has 168 valence electrons. The molecule has 1 amide bonds. The lowest BCUT2D eigenvalue weighted by Crippen LogP contribution is -2.27. The molecule has 0 N–H and O–H groups in total. The van der Waals surface area contributed by atoms with Crippen molar-refractivity contribution < 1.29 is 19.0 Å². The summed E-state index contributed by atoms with van der Waals surface area (Å²) in [6.45, 7) is 1.06. The first-order valence-electron chi connectivity index (χ1n) is 10.5. The Morgan fingerprint density at radius 1 is 0.879 bits per heavy atom. The zero-order valence-electron chi connectivity index (χ0n) is 18.1. The number of rotatable bonds is 9. The molecule has 0 atom stereocenters. The summed E-state index contributed by atoms with van der Waals surface area (Å²) < 4.78 is 17.4. The van der Waals surface area contributed by atoms with Crippen molar-refractivity contribution in [1.82, 2.24) is 0 Å². The van der Waals surface area contributed by atoms with Gasteiger partial charge >= 0.3 is 0 Å². The minimum Gasteiger partial charge on any atom is -0.493 e. The van der Waals surface area contributed by atoms with Crippen LogP contribution in [0.2, 0.25) is 0 Å². The number of benzene rings is 3. The molecule has 5 nitrogen and oxygen atoms in total. The number of nitrogens with zero attached hydrogens (tertiary/aromatic N) is 1. The molecule has 0 saturated carbocycles. The number of hydrogen-bond acceptors (Lipinski definition) is 6. The van der Waals surface area contributed by atoms with E-state index in [4.69, 9.17) is 26.4 Å². The van der Waals surface area contributed by atoms with Crippen LogP contribution in [-0.2, 0) is 4.79 Å². The van der Waals surface area contributed by atoms with Gasteiger partial charge in [0.05, 0.1) is 30.9 Å². The number of carbonyl (C=O) groups excluding carboxylic acids is 1. The summed E-state index contributed by atoms with van der Waals surface area (Å²) >= 11 is 6.73. The average molecular weight is 478 g/mol. The Labute approximate surface area is 203 Å². The molecule has 1 aliphatic rings. The molecule has 7 heteroatoms. The van der Waals surface area contributed by atoms with Crippen molar-refractivity contribution in [2.24, 2.45) is 0 Å². The van der Waals surface area contributed by atoms with Crippen LogP contribution in [-0.4, -0.2) is 30.6 Å². The van der Waals surface area contributed by atoms with Crippen molar-refractivity contribution >= 4 is 46.0 Å². The van der Waals surface area contributed by atoms with Crippen LogP contribution in [0.15, 0.2) is 83.8 Å². The van der Waals surface area contributed by atoms with Crippen LogP contribution in [0.3, 0.4) is 0 Å². The van der Waals surface area contributed by atoms with Crippen LogP contribution < -0.4 is 19.1 Å². The SMILES string of the molecule is COc1ccccc1OCCCOc1ccc(/C=C2/SC(=S)N(c3ccccc3)C2=O)cc1. The molecule has 0 spiro atoms. The van der Waals surface area contributed by atoms with E-state index in [-0.39, 0.29) is 5.91 Å². The maximum Gasteiger partial charge on any atom is 0.270 e. The van der Waals surface area contributed by atoms with E-state index in [1.807, 2.05) is 84.9 Å². The second-order valence-corrected chi connectivity index (χ2v) is 8.80. The van der Waals surface area contributed by atoms with Crippen LogP contribution in [0.25, 0.3) is 6.08 Å². The molecule has 0 bridgehead atoms. The maximum absolute atomic E-state index is 12.8. The third-order valence-electron chi connectivity index (χ3n) is 4.87. The normalized spacial score (nSPS) is 14.6. The van der Waals surface area contributed by atoms with Crippen LogP contribution in [0.1, 0.15) is 12.0 Å². The van der Waals surface area contributed by atoms with Crippen molar-refractivity contribution in [2.45, 2.75) is 6.42 Å². The van der Waals surface area contributed by atoms with Gasteiger partial charge < -0.3 is 14.2 Å². The number of thioether (sulfide) groups is 1. The lowest BCUT2D eigenvalue weighted by atomic mass is 10.2. The summed E-state index contributed by atoms with van der Waals surface area (Å²) in [5.41, 5.74) is 1.69. The summed E-state index contributed by atoms with van der Waals surface area (Å²) in [4.78, 5) is 15.0. The van der Waals surface area contributed by atoms with Crippen molar-refractivity contribution in [3.05, 3.63) is 89.3 Å². The van der Waals surface area contributed by atoms with Crippen LogP contribution in [0.4, 0.5) is 5.69 Å². The fourth-order valence-corrected chi connectivity index (χ4v) is 4.55. The Hall–Kier alpha value is -3.29. The van der Waals surface area contributed by atoms with Gasteiger partial charge in [0, 0.05) is 6.42 Å². The second kappa shape index (κ2) is 11.0. The topological polar surface area (TPSA) is 48.0 Å². The number of thiocarbonyl (C=S) groups is 1. The molecule has 3 aromatic carbocycles. The predicted octanol–water partition coefficient (Wildman–Crippen LogP) is 5.95. The highest BCUT2D eigenvalue weighted by Gasteiger charge is 2.33. The highest BCUT2D eigenvalue weighted by Crippen LogP contribution is 2.36. The number of anilines is 1. The summed E-state index contributed by atoms with van der Waals surface area (Å²) in [5.74, 6) is 2.10. The number of amides is 1. The van der Waals surface area contributed by atoms with Gasteiger partial charge in [-0.1, -0.05) is 66.4 Å². The first kappa shape index (κ1) is 22.9. The van der Waals surface area contributed by atoms with E-state index in [2.05, 4.69) is 0 Å². The molecule has 3 aromatic rings. The van der Waals surface area contributed by atoms with E-state index in [9.17, 15) is 4.79 Å². The molecule has 0 aromatic heterocycles. The number of carbonyl (C=O) groups is 1.